The maximum atomic E-state index is 12.8. The van der Waals surface area contributed by atoms with Gasteiger partial charge in [0.25, 0.3) is 0 Å². The van der Waals surface area contributed by atoms with E-state index in [2.05, 4.69) is 36.1 Å². The van der Waals surface area contributed by atoms with Crippen molar-refractivity contribution in [2.75, 3.05) is 6.54 Å². The second-order valence-corrected chi connectivity index (χ2v) is 10.1. The summed E-state index contributed by atoms with van der Waals surface area (Å²) in [6.07, 6.45) is 3.49. The number of aromatic nitrogens is 2. The zero-order valence-electron chi connectivity index (χ0n) is 17.5. The Labute approximate surface area is 181 Å². The van der Waals surface area contributed by atoms with Crippen LogP contribution >= 0.6 is 11.8 Å². The van der Waals surface area contributed by atoms with E-state index in [1.54, 1.807) is 24.2 Å². The molecule has 2 saturated heterocycles. The number of nitrogens with one attached hydrogen (secondary N) is 1. The van der Waals surface area contributed by atoms with Crippen LogP contribution in [0.1, 0.15) is 32.2 Å². The molecule has 7 nitrogen and oxygen atoms in total. The summed E-state index contributed by atoms with van der Waals surface area (Å²) >= 11 is 1.76. The first-order chi connectivity index (χ1) is 14.3. The van der Waals surface area contributed by atoms with Gasteiger partial charge in [-0.15, -0.1) is 11.8 Å². The smallest absolute Gasteiger partial charge is 0.249 e. The predicted octanol–water partition coefficient (Wildman–Crippen LogP) is 2.05. The van der Waals surface area contributed by atoms with Crippen molar-refractivity contribution >= 4 is 23.6 Å². The van der Waals surface area contributed by atoms with Crippen LogP contribution in [-0.4, -0.2) is 60.3 Å². The molecule has 2 amide bonds. The Balaban J connectivity index is 1.41. The Morgan fingerprint density at radius 3 is 2.27 bits per heavy atom. The van der Waals surface area contributed by atoms with Crippen LogP contribution in [0.4, 0.5) is 0 Å². The van der Waals surface area contributed by atoms with Crippen molar-refractivity contribution in [3.05, 3.63) is 60.2 Å². The van der Waals surface area contributed by atoms with Crippen LogP contribution in [0.3, 0.4) is 0 Å². The molecular weight excluding hydrogens is 398 g/mol. The first-order valence-corrected chi connectivity index (χ1v) is 11.0. The lowest BCUT2D eigenvalue weighted by atomic mass is 9.97. The quantitative estimate of drug-likeness (QED) is 0.684. The SMILES string of the molecule is C[C@@H]1N2C(=O)[C@@H](NC(=O)CN(Cc3ccccn3)Cc3ccccn3)[C@@H]2SC1(C)C. The maximum absolute atomic E-state index is 12.8. The minimum absolute atomic E-state index is 0.0101. The average molecular weight is 426 g/mol. The molecule has 2 aromatic heterocycles. The molecule has 0 aliphatic carbocycles. The number of rotatable bonds is 7. The minimum Gasteiger partial charge on any atom is -0.341 e. The summed E-state index contributed by atoms with van der Waals surface area (Å²) < 4.78 is -0.0101. The van der Waals surface area contributed by atoms with E-state index in [-0.39, 0.29) is 34.5 Å². The van der Waals surface area contributed by atoms with E-state index in [1.165, 1.54) is 0 Å². The molecule has 2 aliphatic heterocycles. The highest BCUT2D eigenvalue weighted by atomic mass is 32.2. The second kappa shape index (κ2) is 8.35. The number of hydrogen-bond donors (Lipinski definition) is 1. The fourth-order valence-corrected chi connectivity index (χ4v) is 5.59. The largest absolute Gasteiger partial charge is 0.341 e. The summed E-state index contributed by atoms with van der Waals surface area (Å²) in [5.41, 5.74) is 1.77. The Hall–Kier alpha value is -2.45. The van der Waals surface area contributed by atoms with Gasteiger partial charge in [0, 0.05) is 36.3 Å². The van der Waals surface area contributed by atoms with E-state index in [0.717, 1.165) is 11.4 Å². The Bertz CT molecular complexity index is 867. The molecule has 0 aromatic carbocycles. The summed E-state index contributed by atoms with van der Waals surface area (Å²) in [5, 5.41) is 2.98. The summed E-state index contributed by atoms with van der Waals surface area (Å²) in [7, 11) is 0. The van der Waals surface area contributed by atoms with Crippen molar-refractivity contribution in [1.82, 2.24) is 25.1 Å². The van der Waals surface area contributed by atoms with Gasteiger partial charge in [-0.3, -0.25) is 24.5 Å². The number of β-lactam (4-membered cyclic amide) rings is 1. The molecule has 0 spiro atoms. The number of pyridine rings is 2. The van der Waals surface area contributed by atoms with Crippen molar-refractivity contribution in [2.45, 2.75) is 56.1 Å². The molecule has 4 rings (SSSR count). The van der Waals surface area contributed by atoms with Crippen LogP contribution in [0.2, 0.25) is 0 Å². The van der Waals surface area contributed by atoms with E-state index < -0.39 is 6.04 Å². The minimum atomic E-state index is -0.446. The number of carbonyl (C=O) groups is 2. The second-order valence-electron chi connectivity index (χ2n) is 8.37. The first-order valence-electron chi connectivity index (χ1n) is 10.2. The van der Waals surface area contributed by atoms with E-state index in [9.17, 15) is 9.59 Å². The highest BCUT2D eigenvalue weighted by molar-refractivity contribution is 8.01. The van der Waals surface area contributed by atoms with Crippen LogP contribution in [-0.2, 0) is 22.7 Å². The lowest BCUT2D eigenvalue weighted by Crippen LogP contribution is -2.69. The van der Waals surface area contributed by atoms with Gasteiger partial charge >= 0.3 is 0 Å². The molecule has 0 radical (unpaired) electrons. The van der Waals surface area contributed by atoms with Gasteiger partial charge in [-0.25, -0.2) is 0 Å². The number of fused-ring (bicyclic) bond motifs is 1. The molecule has 0 saturated carbocycles. The van der Waals surface area contributed by atoms with E-state index >= 15 is 0 Å². The van der Waals surface area contributed by atoms with Gasteiger partial charge in [0.05, 0.1) is 17.9 Å². The molecule has 8 heteroatoms. The summed E-state index contributed by atoms with van der Waals surface area (Å²) in [6, 6.07) is 11.2. The van der Waals surface area contributed by atoms with Crippen molar-refractivity contribution in [3.8, 4) is 0 Å². The van der Waals surface area contributed by atoms with Crippen molar-refractivity contribution in [1.29, 1.82) is 0 Å². The molecule has 2 aliphatic rings. The monoisotopic (exact) mass is 425 g/mol. The van der Waals surface area contributed by atoms with Crippen LogP contribution in [0, 0.1) is 0 Å². The summed E-state index contributed by atoms with van der Waals surface area (Å²) in [5.74, 6) is -0.141. The van der Waals surface area contributed by atoms with Crippen LogP contribution in [0.15, 0.2) is 48.8 Å². The van der Waals surface area contributed by atoms with Crippen LogP contribution in [0.25, 0.3) is 0 Å². The lowest BCUT2D eigenvalue weighted by molar-refractivity contribution is -0.151. The third-order valence-electron chi connectivity index (χ3n) is 5.83. The third-order valence-corrected chi connectivity index (χ3v) is 7.52. The lowest BCUT2D eigenvalue weighted by Gasteiger charge is -2.44. The Kier molecular flexibility index (Phi) is 5.79. The highest BCUT2D eigenvalue weighted by Gasteiger charge is 2.60. The van der Waals surface area contributed by atoms with Crippen LogP contribution in [0.5, 0.6) is 0 Å². The molecular formula is C22H27N5O2S. The van der Waals surface area contributed by atoms with Gasteiger partial charge in [0.2, 0.25) is 11.8 Å². The van der Waals surface area contributed by atoms with Crippen molar-refractivity contribution in [3.63, 3.8) is 0 Å². The van der Waals surface area contributed by atoms with Gasteiger partial charge in [-0.1, -0.05) is 12.1 Å². The number of thioether (sulfide) groups is 1. The maximum Gasteiger partial charge on any atom is 0.249 e. The fourth-order valence-electron chi connectivity index (χ4n) is 3.93. The Morgan fingerprint density at radius 2 is 1.73 bits per heavy atom. The molecule has 30 heavy (non-hydrogen) atoms. The van der Waals surface area contributed by atoms with Gasteiger partial charge in [-0.2, -0.15) is 0 Å². The molecule has 0 bridgehead atoms. The van der Waals surface area contributed by atoms with Gasteiger partial charge in [0.1, 0.15) is 11.4 Å². The van der Waals surface area contributed by atoms with Crippen molar-refractivity contribution in [2.24, 2.45) is 0 Å². The number of nitrogens with zero attached hydrogens (tertiary/aromatic N) is 4. The number of amides is 2. The fraction of sp³-hybridized carbons (Fsp3) is 0.455. The van der Waals surface area contributed by atoms with Gasteiger partial charge in [0.15, 0.2) is 0 Å². The molecule has 3 atom stereocenters. The first kappa shape index (κ1) is 20.8. The molecule has 4 heterocycles. The van der Waals surface area contributed by atoms with Gasteiger partial charge < -0.3 is 10.2 Å². The van der Waals surface area contributed by atoms with Crippen molar-refractivity contribution < 1.29 is 9.59 Å². The number of carbonyl (C=O) groups excluding carboxylic acids is 2. The predicted molar refractivity (Wildman–Crippen MR) is 116 cm³/mol. The van der Waals surface area contributed by atoms with E-state index in [4.69, 9.17) is 0 Å². The van der Waals surface area contributed by atoms with Crippen LogP contribution < -0.4 is 5.32 Å². The van der Waals surface area contributed by atoms with Gasteiger partial charge in [-0.05, 0) is 45.0 Å². The highest BCUT2D eigenvalue weighted by Crippen LogP contribution is 2.50. The Morgan fingerprint density at radius 1 is 1.13 bits per heavy atom. The summed E-state index contributed by atoms with van der Waals surface area (Å²) in [6.45, 7) is 7.59. The zero-order chi connectivity index (χ0) is 21.3. The summed E-state index contributed by atoms with van der Waals surface area (Å²) in [4.78, 5) is 38.1. The molecule has 2 fully saturated rings. The normalized spacial score (nSPS) is 24.5. The molecule has 158 valence electrons. The molecule has 1 N–H and O–H groups in total. The third kappa shape index (κ3) is 4.20. The molecule has 0 unspecified atom stereocenters. The number of hydrogen-bond acceptors (Lipinski definition) is 6. The van der Waals surface area contributed by atoms with E-state index in [0.29, 0.717) is 13.1 Å². The zero-order valence-corrected chi connectivity index (χ0v) is 18.3. The standard InChI is InChI=1S/C22H27N5O2S/c1-15-22(2,3)30-21-19(20(29)27(15)21)25-18(28)14-26(12-16-8-4-6-10-23-16)13-17-9-5-7-11-24-17/h4-11,15,19,21H,12-14H2,1-3H3,(H,25,28)/t15-,19+,21-/m0/s1. The topological polar surface area (TPSA) is 78.4 Å². The molecule has 2 aromatic rings. The van der Waals surface area contributed by atoms with E-state index in [1.807, 2.05) is 46.2 Å². The average Bonchev–Trinajstić information content (AvgIpc) is 2.94.